The lowest BCUT2D eigenvalue weighted by atomic mass is 10.1. The van der Waals surface area contributed by atoms with Crippen molar-refractivity contribution in [3.05, 3.63) is 59.6 Å². The minimum Gasteiger partial charge on any atom is -0.369 e. The second kappa shape index (κ2) is 10.7. The third-order valence-electron chi connectivity index (χ3n) is 5.99. The highest BCUT2D eigenvalue weighted by atomic mass is 35.5. The highest BCUT2D eigenvalue weighted by molar-refractivity contribution is 6.30. The van der Waals surface area contributed by atoms with Gasteiger partial charge in [-0.3, -0.25) is 19.3 Å². The number of piperazine rings is 2. The third kappa shape index (κ3) is 6.03. The summed E-state index contributed by atoms with van der Waals surface area (Å²) in [5.74, 6) is -0.767. The van der Waals surface area contributed by atoms with E-state index in [0.717, 1.165) is 26.2 Å². The molecule has 9 heteroatoms. The summed E-state index contributed by atoms with van der Waals surface area (Å²) < 4.78 is 0. The van der Waals surface area contributed by atoms with Crippen LogP contribution in [-0.4, -0.2) is 79.4 Å². The van der Waals surface area contributed by atoms with Gasteiger partial charge in [-0.05, 0) is 30.3 Å². The van der Waals surface area contributed by atoms with Gasteiger partial charge in [0.05, 0.1) is 13.0 Å². The lowest BCUT2D eigenvalue weighted by Crippen LogP contribution is -2.60. The van der Waals surface area contributed by atoms with Gasteiger partial charge in [-0.1, -0.05) is 35.9 Å². The Kier molecular flexibility index (Phi) is 7.47. The Bertz CT molecular complexity index is 995. The molecule has 4 rings (SSSR count). The maximum absolute atomic E-state index is 13.1. The molecule has 0 aromatic heterocycles. The molecule has 0 bridgehead atoms. The van der Waals surface area contributed by atoms with Crippen LogP contribution < -0.4 is 15.5 Å². The lowest BCUT2D eigenvalue weighted by Gasteiger charge is -2.39. The van der Waals surface area contributed by atoms with Crippen LogP contribution in [-0.2, 0) is 14.4 Å². The highest BCUT2D eigenvalue weighted by Crippen LogP contribution is 2.18. The normalized spacial score (nSPS) is 19.2. The molecule has 2 heterocycles. The van der Waals surface area contributed by atoms with Crippen molar-refractivity contribution in [2.45, 2.75) is 12.5 Å². The molecule has 0 saturated carbocycles. The molecule has 2 aliphatic heterocycles. The van der Waals surface area contributed by atoms with E-state index in [4.69, 9.17) is 11.6 Å². The largest absolute Gasteiger partial charge is 0.369 e. The summed E-state index contributed by atoms with van der Waals surface area (Å²) in [5.41, 5.74) is 1.74. The second-order valence-corrected chi connectivity index (χ2v) is 8.69. The third-order valence-corrected chi connectivity index (χ3v) is 6.23. The number of nitrogens with zero attached hydrogens (tertiary/aromatic N) is 3. The number of nitrogens with one attached hydrogen (secondary N) is 2. The summed E-state index contributed by atoms with van der Waals surface area (Å²) >= 11 is 5.97. The number of para-hydroxylation sites is 1. The summed E-state index contributed by atoms with van der Waals surface area (Å²) in [6, 6.07) is 16.2. The van der Waals surface area contributed by atoms with Crippen LogP contribution in [0, 0.1) is 0 Å². The van der Waals surface area contributed by atoms with Crippen molar-refractivity contribution in [1.29, 1.82) is 0 Å². The van der Waals surface area contributed by atoms with E-state index in [9.17, 15) is 14.4 Å². The number of hydrogen-bond donors (Lipinski definition) is 2. The minimum atomic E-state index is -0.823. The first kappa shape index (κ1) is 23.1. The SMILES string of the molecule is O=C(C[C@@H]1C(=O)NCCN1C(=O)CN1CCN(c2ccccc2)CC1)Nc1cccc(Cl)c1. The molecule has 8 nitrogen and oxygen atoms in total. The fraction of sp³-hybridized carbons (Fsp3) is 0.375. The lowest BCUT2D eigenvalue weighted by molar-refractivity contribution is -0.145. The van der Waals surface area contributed by atoms with Gasteiger partial charge in [0.2, 0.25) is 17.7 Å². The molecule has 3 amide bonds. The number of amides is 3. The Labute approximate surface area is 198 Å². The number of halogens is 1. The van der Waals surface area contributed by atoms with Crippen molar-refractivity contribution in [3.63, 3.8) is 0 Å². The van der Waals surface area contributed by atoms with Gasteiger partial charge in [0.25, 0.3) is 0 Å². The Balaban J connectivity index is 1.32. The second-order valence-electron chi connectivity index (χ2n) is 8.26. The Morgan fingerprint density at radius 3 is 2.48 bits per heavy atom. The van der Waals surface area contributed by atoms with E-state index >= 15 is 0 Å². The molecule has 33 heavy (non-hydrogen) atoms. The standard InChI is InChI=1S/C24H28ClN5O3/c25-18-5-4-6-19(15-18)27-22(31)16-21-24(33)26-9-10-30(21)23(32)17-28-11-13-29(14-12-28)20-7-2-1-3-8-20/h1-8,15,21H,9-14,16-17H2,(H,26,33)(H,27,31)/t21-/m1/s1. The van der Waals surface area contributed by atoms with Gasteiger partial charge in [0.15, 0.2) is 0 Å². The van der Waals surface area contributed by atoms with Crippen molar-refractivity contribution in [2.24, 2.45) is 0 Å². The van der Waals surface area contributed by atoms with Gasteiger partial charge in [-0.25, -0.2) is 0 Å². The minimum absolute atomic E-state index is 0.105. The highest BCUT2D eigenvalue weighted by Gasteiger charge is 2.35. The fourth-order valence-corrected chi connectivity index (χ4v) is 4.45. The predicted molar refractivity (Wildman–Crippen MR) is 128 cm³/mol. The summed E-state index contributed by atoms with van der Waals surface area (Å²) in [4.78, 5) is 44.1. The average Bonchev–Trinajstić information content (AvgIpc) is 2.81. The van der Waals surface area contributed by atoms with Crippen molar-refractivity contribution in [2.75, 3.05) is 56.0 Å². The van der Waals surface area contributed by atoms with E-state index in [0.29, 0.717) is 23.8 Å². The van der Waals surface area contributed by atoms with Crippen molar-refractivity contribution in [1.82, 2.24) is 15.1 Å². The molecular weight excluding hydrogens is 442 g/mol. The van der Waals surface area contributed by atoms with Crippen LogP contribution in [0.4, 0.5) is 11.4 Å². The molecule has 0 unspecified atom stereocenters. The number of carbonyl (C=O) groups excluding carboxylic acids is 3. The smallest absolute Gasteiger partial charge is 0.243 e. The van der Waals surface area contributed by atoms with E-state index in [1.54, 1.807) is 29.2 Å². The molecule has 2 aromatic rings. The van der Waals surface area contributed by atoms with Gasteiger partial charge in [-0.2, -0.15) is 0 Å². The van der Waals surface area contributed by atoms with E-state index in [1.165, 1.54) is 5.69 Å². The van der Waals surface area contributed by atoms with Crippen LogP contribution >= 0.6 is 11.6 Å². The first-order valence-electron chi connectivity index (χ1n) is 11.1. The molecule has 2 aliphatic rings. The summed E-state index contributed by atoms with van der Waals surface area (Å²) in [6.07, 6.45) is -0.105. The molecule has 2 saturated heterocycles. The van der Waals surface area contributed by atoms with Crippen LogP contribution in [0.5, 0.6) is 0 Å². The van der Waals surface area contributed by atoms with Crippen molar-refractivity contribution in [3.8, 4) is 0 Å². The fourth-order valence-electron chi connectivity index (χ4n) is 4.26. The van der Waals surface area contributed by atoms with Crippen LogP contribution in [0.3, 0.4) is 0 Å². The van der Waals surface area contributed by atoms with Crippen LogP contribution in [0.1, 0.15) is 6.42 Å². The van der Waals surface area contributed by atoms with Crippen molar-refractivity contribution < 1.29 is 14.4 Å². The molecule has 1 atom stereocenters. The number of rotatable bonds is 6. The van der Waals surface area contributed by atoms with E-state index < -0.39 is 6.04 Å². The van der Waals surface area contributed by atoms with Gasteiger partial charge < -0.3 is 20.4 Å². The van der Waals surface area contributed by atoms with E-state index in [1.807, 2.05) is 18.2 Å². The van der Waals surface area contributed by atoms with Crippen LogP contribution in [0.15, 0.2) is 54.6 Å². The molecule has 2 aromatic carbocycles. The maximum atomic E-state index is 13.1. The van der Waals surface area contributed by atoms with Gasteiger partial charge in [0.1, 0.15) is 6.04 Å². The van der Waals surface area contributed by atoms with E-state index in [2.05, 4.69) is 32.6 Å². The topological polar surface area (TPSA) is 85.0 Å². The monoisotopic (exact) mass is 469 g/mol. The van der Waals surface area contributed by atoms with E-state index in [-0.39, 0.29) is 30.7 Å². The van der Waals surface area contributed by atoms with Gasteiger partial charge in [-0.15, -0.1) is 0 Å². The number of carbonyl (C=O) groups is 3. The molecule has 0 radical (unpaired) electrons. The average molecular weight is 470 g/mol. The summed E-state index contributed by atoms with van der Waals surface area (Å²) in [5, 5.41) is 6.03. The van der Waals surface area contributed by atoms with Gasteiger partial charge >= 0.3 is 0 Å². The van der Waals surface area contributed by atoms with Crippen molar-refractivity contribution >= 4 is 40.7 Å². The zero-order valence-electron chi connectivity index (χ0n) is 18.4. The molecule has 0 aliphatic carbocycles. The molecular formula is C24H28ClN5O3. The quantitative estimate of drug-likeness (QED) is 0.674. The van der Waals surface area contributed by atoms with Crippen LogP contribution in [0.25, 0.3) is 0 Å². The molecule has 174 valence electrons. The summed E-state index contributed by atoms with van der Waals surface area (Å²) in [6.45, 7) is 4.22. The Morgan fingerprint density at radius 1 is 1.00 bits per heavy atom. The number of anilines is 2. The Morgan fingerprint density at radius 2 is 1.76 bits per heavy atom. The van der Waals surface area contributed by atoms with Crippen LogP contribution in [0.2, 0.25) is 5.02 Å². The van der Waals surface area contributed by atoms with Gasteiger partial charge in [0, 0.05) is 55.7 Å². The maximum Gasteiger partial charge on any atom is 0.243 e. The molecule has 2 N–H and O–H groups in total. The number of hydrogen-bond acceptors (Lipinski definition) is 5. The number of benzene rings is 2. The zero-order valence-corrected chi connectivity index (χ0v) is 19.1. The zero-order chi connectivity index (χ0) is 23.2. The molecule has 2 fully saturated rings. The first-order valence-corrected chi connectivity index (χ1v) is 11.5. The molecule has 0 spiro atoms. The summed E-state index contributed by atoms with van der Waals surface area (Å²) in [7, 11) is 0. The first-order chi connectivity index (χ1) is 16.0. The predicted octanol–water partition coefficient (Wildman–Crippen LogP) is 1.82. The Hall–Kier alpha value is -3.10.